The lowest BCUT2D eigenvalue weighted by Crippen LogP contribution is -2.24. The molecular weight excluding hydrogens is 222 g/mol. The summed E-state index contributed by atoms with van der Waals surface area (Å²) in [7, 11) is 0. The van der Waals surface area contributed by atoms with Crippen LogP contribution in [0.4, 0.5) is 5.88 Å². The summed E-state index contributed by atoms with van der Waals surface area (Å²) in [5.74, 6) is -0.220. The topological polar surface area (TPSA) is 82.7 Å². The first-order valence-electron chi connectivity index (χ1n) is 5.90. The molecule has 1 aromatic rings. The molecule has 1 aromatic heterocycles. The summed E-state index contributed by atoms with van der Waals surface area (Å²) in [6, 6.07) is 3.04. The SMILES string of the molecule is O=C(O)c1ccc(NCC2CCCC(O)C2)o1. The molecule has 0 spiro atoms. The van der Waals surface area contributed by atoms with Crippen molar-refractivity contribution >= 4 is 11.9 Å². The van der Waals surface area contributed by atoms with E-state index >= 15 is 0 Å². The molecule has 2 rings (SSSR count). The van der Waals surface area contributed by atoms with Crippen molar-refractivity contribution < 1.29 is 19.4 Å². The maximum absolute atomic E-state index is 10.6. The molecule has 0 saturated heterocycles. The van der Waals surface area contributed by atoms with Crippen molar-refractivity contribution in [1.29, 1.82) is 0 Å². The van der Waals surface area contributed by atoms with E-state index in [0.29, 0.717) is 18.3 Å². The standard InChI is InChI=1S/C12H17NO4/c14-9-3-1-2-8(6-9)7-13-11-5-4-10(17-11)12(15)16/h4-5,8-9,13-14H,1-3,6-7H2,(H,15,16). The third-order valence-electron chi connectivity index (χ3n) is 3.14. The van der Waals surface area contributed by atoms with Crippen LogP contribution in [0.5, 0.6) is 0 Å². The summed E-state index contributed by atoms with van der Waals surface area (Å²) in [4.78, 5) is 10.6. The molecule has 17 heavy (non-hydrogen) atoms. The minimum absolute atomic E-state index is 0.0591. The smallest absolute Gasteiger partial charge is 0.371 e. The van der Waals surface area contributed by atoms with Gasteiger partial charge in [0.15, 0.2) is 5.88 Å². The second-order valence-electron chi connectivity index (χ2n) is 4.54. The highest BCUT2D eigenvalue weighted by Gasteiger charge is 2.20. The summed E-state index contributed by atoms with van der Waals surface area (Å²) < 4.78 is 5.09. The molecule has 0 bridgehead atoms. The second-order valence-corrected chi connectivity index (χ2v) is 4.54. The predicted molar refractivity (Wildman–Crippen MR) is 62.1 cm³/mol. The van der Waals surface area contributed by atoms with Gasteiger partial charge in [0.05, 0.1) is 6.10 Å². The van der Waals surface area contributed by atoms with E-state index in [4.69, 9.17) is 9.52 Å². The van der Waals surface area contributed by atoms with Gasteiger partial charge < -0.3 is 19.9 Å². The van der Waals surface area contributed by atoms with E-state index in [0.717, 1.165) is 25.7 Å². The van der Waals surface area contributed by atoms with Crippen molar-refractivity contribution in [1.82, 2.24) is 0 Å². The Bertz CT molecular complexity index is 388. The molecule has 0 amide bonds. The van der Waals surface area contributed by atoms with Gasteiger partial charge in [0.1, 0.15) is 0 Å². The number of aliphatic hydroxyl groups is 1. The van der Waals surface area contributed by atoms with E-state index in [2.05, 4.69) is 5.32 Å². The molecule has 1 heterocycles. The van der Waals surface area contributed by atoms with Crippen LogP contribution in [0.2, 0.25) is 0 Å². The lowest BCUT2D eigenvalue weighted by Gasteiger charge is -2.25. The number of aliphatic hydroxyl groups excluding tert-OH is 1. The first-order chi connectivity index (χ1) is 8.15. The average molecular weight is 239 g/mol. The number of furan rings is 1. The molecule has 0 aromatic carbocycles. The minimum Gasteiger partial charge on any atom is -0.475 e. The van der Waals surface area contributed by atoms with Crippen molar-refractivity contribution in [3.63, 3.8) is 0 Å². The van der Waals surface area contributed by atoms with E-state index in [9.17, 15) is 9.90 Å². The monoisotopic (exact) mass is 239 g/mol. The Morgan fingerprint density at radius 1 is 1.47 bits per heavy atom. The van der Waals surface area contributed by atoms with Gasteiger partial charge in [0.25, 0.3) is 0 Å². The van der Waals surface area contributed by atoms with Crippen molar-refractivity contribution in [2.75, 3.05) is 11.9 Å². The lowest BCUT2D eigenvalue weighted by atomic mass is 9.87. The summed E-state index contributed by atoms with van der Waals surface area (Å²) in [6.07, 6.45) is 3.64. The van der Waals surface area contributed by atoms with E-state index < -0.39 is 5.97 Å². The maximum atomic E-state index is 10.6. The Morgan fingerprint density at radius 2 is 2.29 bits per heavy atom. The first kappa shape index (κ1) is 12.0. The highest BCUT2D eigenvalue weighted by Crippen LogP contribution is 2.24. The van der Waals surface area contributed by atoms with Gasteiger partial charge in [-0.05, 0) is 31.2 Å². The zero-order valence-corrected chi connectivity index (χ0v) is 9.56. The largest absolute Gasteiger partial charge is 0.475 e. The van der Waals surface area contributed by atoms with Crippen LogP contribution in [0.25, 0.3) is 0 Å². The lowest BCUT2D eigenvalue weighted by molar-refractivity contribution is 0.0663. The van der Waals surface area contributed by atoms with Gasteiger partial charge in [0, 0.05) is 12.6 Å². The molecule has 5 nitrogen and oxygen atoms in total. The fraction of sp³-hybridized carbons (Fsp3) is 0.583. The number of nitrogens with one attached hydrogen (secondary N) is 1. The number of hydrogen-bond acceptors (Lipinski definition) is 4. The number of carbonyl (C=O) groups is 1. The Labute approximate surface area is 99.4 Å². The van der Waals surface area contributed by atoms with Gasteiger partial charge in [-0.15, -0.1) is 0 Å². The third-order valence-corrected chi connectivity index (χ3v) is 3.14. The highest BCUT2D eigenvalue weighted by molar-refractivity contribution is 5.84. The quantitative estimate of drug-likeness (QED) is 0.748. The van der Waals surface area contributed by atoms with Crippen LogP contribution in [0.3, 0.4) is 0 Å². The molecule has 5 heteroatoms. The molecule has 94 valence electrons. The van der Waals surface area contributed by atoms with Crippen LogP contribution >= 0.6 is 0 Å². The number of anilines is 1. The molecule has 2 unspecified atom stereocenters. The Morgan fingerprint density at radius 3 is 2.94 bits per heavy atom. The molecule has 1 saturated carbocycles. The van der Waals surface area contributed by atoms with E-state index in [-0.39, 0.29) is 11.9 Å². The first-order valence-corrected chi connectivity index (χ1v) is 5.90. The Hall–Kier alpha value is -1.49. The summed E-state index contributed by atoms with van der Waals surface area (Å²) in [6.45, 7) is 0.712. The summed E-state index contributed by atoms with van der Waals surface area (Å²) in [5.41, 5.74) is 0. The van der Waals surface area contributed by atoms with E-state index in [1.165, 1.54) is 6.07 Å². The van der Waals surface area contributed by atoms with Crippen LogP contribution < -0.4 is 5.32 Å². The van der Waals surface area contributed by atoms with Crippen molar-refractivity contribution in [3.05, 3.63) is 17.9 Å². The third kappa shape index (κ3) is 3.23. The zero-order chi connectivity index (χ0) is 12.3. The molecule has 1 aliphatic rings. The van der Waals surface area contributed by atoms with Crippen molar-refractivity contribution in [3.8, 4) is 0 Å². The van der Waals surface area contributed by atoms with E-state index in [1.807, 2.05) is 0 Å². The second kappa shape index (κ2) is 5.23. The van der Waals surface area contributed by atoms with Gasteiger partial charge in [-0.3, -0.25) is 0 Å². The minimum atomic E-state index is -1.06. The average Bonchev–Trinajstić information content (AvgIpc) is 2.75. The van der Waals surface area contributed by atoms with Crippen molar-refractivity contribution in [2.45, 2.75) is 31.8 Å². The van der Waals surface area contributed by atoms with Gasteiger partial charge in [-0.25, -0.2) is 4.79 Å². The molecule has 2 atom stereocenters. The molecular formula is C12H17NO4. The number of carboxylic acids is 1. The fourth-order valence-corrected chi connectivity index (χ4v) is 2.24. The van der Waals surface area contributed by atoms with Gasteiger partial charge in [-0.1, -0.05) is 6.42 Å². The van der Waals surface area contributed by atoms with E-state index in [1.54, 1.807) is 6.07 Å². The number of hydrogen-bond donors (Lipinski definition) is 3. The maximum Gasteiger partial charge on any atom is 0.371 e. The predicted octanol–water partition coefficient (Wildman–Crippen LogP) is 1.94. The van der Waals surface area contributed by atoms with Crippen LogP contribution in [0.1, 0.15) is 36.2 Å². The van der Waals surface area contributed by atoms with Gasteiger partial charge >= 0.3 is 5.97 Å². The van der Waals surface area contributed by atoms with Crippen LogP contribution in [-0.2, 0) is 0 Å². The Kier molecular flexibility index (Phi) is 3.68. The summed E-state index contributed by atoms with van der Waals surface area (Å²) in [5, 5.41) is 21.3. The van der Waals surface area contributed by atoms with Gasteiger partial charge in [0.2, 0.25) is 5.76 Å². The van der Waals surface area contributed by atoms with Crippen LogP contribution in [-0.4, -0.2) is 28.8 Å². The number of rotatable bonds is 4. The fourth-order valence-electron chi connectivity index (χ4n) is 2.24. The molecule has 1 fully saturated rings. The number of carboxylic acid groups (broad SMARTS) is 1. The molecule has 3 N–H and O–H groups in total. The zero-order valence-electron chi connectivity index (χ0n) is 9.56. The molecule has 0 aliphatic heterocycles. The van der Waals surface area contributed by atoms with Crippen molar-refractivity contribution in [2.24, 2.45) is 5.92 Å². The highest BCUT2D eigenvalue weighted by atomic mass is 16.4. The normalized spacial score (nSPS) is 24.5. The summed E-state index contributed by atoms with van der Waals surface area (Å²) >= 11 is 0. The van der Waals surface area contributed by atoms with Gasteiger partial charge in [-0.2, -0.15) is 0 Å². The molecule has 0 radical (unpaired) electrons. The number of aromatic carboxylic acids is 1. The van der Waals surface area contributed by atoms with Crippen LogP contribution in [0.15, 0.2) is 16.5 Å². The Balaban J connectivity index is 1.82. The molecule has 1 aliphatic carbocycles. The van der Waals surface area contributed by atoms with Crippen LogP contribution in [0, 0.1) is 5.92 Å².